The van der Waals surface area contributed by atoms with Crippen molar-refractivity contribution in [2.45, 2.75) is 24.8 Å². The van der Waals surface area contributed by atoms with Crippen LogP contribution in [0, 0.1) is 0 Å². The average molecular weight is 205 g/mol. The summed E-state index contributed by atoms with van der Waals surface area (Å²) < 4.78 is 0. The molecular weight excluding hydrogens is 190 g/mol. The van der Waals surface area contributed by atoms with E-state index >= 15 is 0 Å². The molecule has 2 rings (SSSR count). The molecule has 80 valence electrons. The summed E-state index contributed by atoms with van der Waals surface area (Å²) in [6, 6.07) is 7.08. The number of nitrogens with one attached hydrogen (secondary N) is 1. The van der Waals surface area contributed by atoms with E-state index in [2.05, 4.69) is 5.32 Å². The van der Waals surface area contributed by atoms with E-state index in [4.69, 9.17) is 11.5 Å². The number of amides is 2. The van der Waals surface area contributed by atoms with Crippen molar-refractivity contribution in [3.05, 3.63) is 29.8 Å². The van der Waals surface area contributed by atoms with Crippen molar-refractivity contribution in [1.29, 1.82) is 0 Å². The van der Waals surface area contributed by atoms with E-state index in [9.17, 15) is 4.79 Å². The van der Waals surface area contributed by atoms with E-state index in [0.29, 0.717) is 5.69 Å². The Morgan fingerprint density at radius 2 is 1.93 bits per heavy atom. The van der Waals surface area contributed by atoms with Gasteiger partial charge in [0.15, 0.2) is 0 Å². The molecule has 0 aromatic heterocycles. The predicted molar refractivity (Wildman–Crippen MR) is 59.5 cm³/mol. The van der Waals surface area contributed by atoms with Crippen LogP contribution >= 0.6 is 0 Å². The number of nitrogens with two attached hydrogens (primary N) is 2. The quantitative estimate of drug-likeness (QED) is 0.693. The smallest absolute Gasteiger partial charge is 0.316 e. The Morgan fingerprint density at radius 1 is 1.33 bits per heavy atom. The summed E-state index contributed by atoms with van der Waals surface area (Å²) in [5.74, 6) is 0. The number of carbonyl (C=O) groups is 1. The first-order chi connectivity index (χ1) is 7.07. The van der Waals surface area contributed by atoms with E-state index < -0.39 is 6.03 Å². The van der Waals surface area contributed by atoms with Crippen LogP contribution < -0.4 is 16.8 Å². The van der Waals surface area contributed by atoms with E-state index in [0.717, 1.165) is 19.3 Å². The van der Waals surface area contributed by atoms with Crippen molar-refractivity contribution >= 4 is 11.7 Å². The van der Waals surface area contributed by atoms with Crippen molar-refractivity contribution < 1.29 is 4.79 Å². The number of rotatable bonds is 3. The highest BCUT2D eigenvalue weighted by atomic mass is 16.2. The molecule has 1 aromatic rings. The number of anilines is 1. The zero-order valence-corrected chi connectivity index (χ0v) is 8.49. The number of carbonyl (C=O) groups excluding carboxylic acids is 1. The minimum atomic E-state index is -0.541. The van der Waals surface area contributed by atoms with Crippen LogP contribution in [0.4, 0.5) is 10.5 Å². The number of benzene rings is 1. The summed E-state index contributed by atoms with van der Waals surface area (Å²) >= 11 is 0. The lowest BCUT2D eigenvalue weighted by atomic mass is 10.0. The molecule has 0 heterocycles. The molecule has 0 unspecified atom stereocenters. The van der Waals surface area contributed by atoms with Gasteiger partial charge in [-0.15, -0.1) is 0 Å². The van der Waals surface area contributed by atoms with Crippen molar-refractivity contribution in [3.8, 4) is 0 Å². The Labute approximate surface area is 88.6 Å². The van der Waals surface area contributed by atoms with E-state index in [1.807, 2.05) is 24.3 Å². The minimum absolute atomic E-state index is 0.0264. The summed E-state index contributed by atoms with van der Waals surface area (Å²) in [6.07, 6.45) is 3.12. The van der Waals surface area contributed by atoms with Gasteiger partial charge < -0.3 is 16.8 Å². The maximum atomic E-state index is 10.6. The summed E-state index contributed by atoms with van der Waals surface area (Å²) in [7, 11) is 0. The normalized spacial score (nSPS) is 17.1. The Kier molecular flexibility index (Phi) is 2.36. The van der Waals surface area contributed by atoms with Gasteiger partial charge in [-0.25, -0.2) is 4.79 Å². The van der Waals surface area contributed by atoms with Gasteiger partial charge in [0.05, 0.1) is 0 Å². The molecule has 0 radical (unpaired) electrons. The SMILES string of the molecule is NC(=O)Nc1ccc(CC2(N)CC2)cc1. The molecule has 15 heavy (non-hydrogen) atoms. The highest BCUT2D eigenvalue weighted by Gasteiger charge is 2.37. The van der Waals surface area contributed by atoms with E-state index in [1.165, 1.54) is 5.56 Å². The van der Waals surface area contributed by atoms with Crippen LogP contribution in [0.25, 0.3) is 0 Å². The summed E-state index contributed by atoms with van der Waals surface area (Å²) in [6.45, 7) is 0. The van der Waals surface area contributed by atoms with E-state index in [1.54, 1.807) is 0 Å². The molecule has 0 saturated heterocycles. The van der Waals surface area contributed by atoms with Crippen molar-refractivity contribution in [2.24, 2.45) is 11.5 Å². The van der Waals surface area contributed by atoms with Crippen LogP contribution in [-0.4, -0.2) is 11.6 Å². The molecule has 2 amide bonds. The molecule has 5 N–H and O–H groups in total. The second-order valence-electron chi connectivity index (χ2n) is 4.23. The molecule has 0 aliphatic heterocycles. The maximum absolute atomic E-state index is 10.6. The van der Waals surface area contributed by atoms with Crippen LogP contribution in [0.5, 0.6) is 0 Å². The van der Waals surface area contributed by atoms with Crippen molar-refractivity contribution in [3.63, 3.8) is 0 Å². The second-order valence-corrected chi connectivity index (χ2v) is 4.23. The first-order valence-electron chi connectivity index (χ1n) is 5.02. The molecule has 1 aromatic carbocycles. The van der Waals surface area contributed by atoms with Gasteiger partial charge in [0.25, 0.3) is 0 Å². The molecular formula is C11H15N3O. The largest absolute Gasteiger partial charge is 0.351 e. The monoisotopic (exact) mass is 205 g/mol. The Morgan fingerprint density at radius 3 is 2.40 bits per heavy atom. The summed E-state index contributed by atoms with van der Waals surface area (Å²) in [5.41, 5.74) is 13.0. The van der Waals surface area contributed by atoms with E-state index in [-0.39, 0.29) is 5.54 Å². The summed E-state index contributed by atoms with van der Waals surface area (Å²) in [4.78, 5) is 10.6. The lowest BCUT2D eigenvalue weighted by Gasteiger charge is -2.09. The standard InChI is InChI=1S/C11H15N3O/c12-10(15)14-9-3-1-8(2-4-9)7-11(13)5-6-11/h1-4H,5-7,13H2,(H3,12,14,15). The highest BCUT2D eigenvalue weighted by Crippen LogP contribution is 2.35. The van der Waals surface area contributed by atoms with Crippen LogP contribution in [-0.2, 0) is 6.42 Å². The number of primary amides is 1. The lowest BCUT2D eigenvalue weighted by molar-refractivity contribution is 0.259. The molecule has 0 atom stereocenters. The molecule has 1 aliphatic carbocycles. The van der Waals surface area contributed by atoms with Crippen LogP contribution in [0.15, 0.2) is 24.3 Å². The van der Waals surface area contributed by atoms with Gasteiger partial charge >= 0.3 is 6.03 Å². The average Bonchev–Trinajstić information content (AvgIpc) is 2.86. The fourth-order valence-electron chi connectivity index (χ4n) is 1.59. The fraction of sp³-hybridized carbons (Fsp3) is 0.364. The Balaban J connectivity index is 2.00. The van der Waals surface area contributed by atoms with Crippen LogP contribution in [0.1, 0.15) is 18.4 Å². The number of urea groups is 1. The highest BCUT2D eigenvalue weighted by molar-refractivity contribution is 5.87. The molecule has 4 heteroatoms. The third-order valence-corrected chi connectivity index (χ3v) is 2.67. The number of hydrogen-bond donors (Lipinski definition) is 3. The van der Waals surface area contributed by atoms with Gasteiger partial charge in [0.2, 0.25) is 0 Å². The molecule has 1 aliphatic rings. The third-order valence-electron chi connectivity index (χ3n) is 2.67. The zero-order chi connectivity index (χ0) is 10.9. The van der Waals surface area contributed by atoms with Gasteiger partial charge in [0, 0.05) is 11.2 Å². The topological polar surface area (TPSA) is 81.1 Å². The molecule has 1 saturated carbocycles. The maximum Gasteiger partial charge on any atom is 0.316 e. The fourth-order valence-corrected chi connectivity index (χ4v) is 1.59. The van der Waals surface area contributed by atoms with Gasteiger partial charge in [-0.2, -0.15) is 0 Å². The van der Waals surface area contributed by atoms with Gasteiger partial charge in [-0.1, -0.05) is 12.1 Å². The molecule has 1 fully saturated rings. The molecule has 0 spiro atoms. The van der Waals surface area contributed by atoms with Gasteiger partial charge in [0.1, 0.15) is 0 Å². The molecule has 0 bridgehead atoms. The van der Waals surface area contributed by atoms with Gasteiger partial charge in [-0.05, 0) is 37.0 Å². The first kappa shape index (κ1) is 9.98. The third kappa shape index (κ3) is 2.70. The molecule has 4 nitrogen and oxygen atoms in total. The van der Waals surface area contributed by atoms with Crippen molar-refractivity contribution in [2.75, 3.05) is 5.32 Å². The second kappa shape index (κ2) is 3.55. The summed E-state index contributed by atoms with van der Waals surface area (Å²) in [5, 5.41) is 2.52. The predicted octanol–water partition coefficient (Wildman–Crippen LogP) is 1.21. The van der Waals surface area contributed by atoms with Crippen LogP contribution in [0.3, 0.4) is 0 Å². The Hall–Kier alpha value is -1.55. The zero-order valence-electron chi connectivity index (χ0n) is 8.49. The van der Waals surface area contributed by atoms with Gasteiger partial charge in [-0.3, -0.25) is 0 Å². The minimum Gasteiger partial charge on any atom is -0.351 e. The number of hydrogen-bond acceptors (Lipinski definition) is 2. The lowest BCUT2D eigenvalue weighted by Crippen LogP contribution is -2.24. The van der Waals surface area contributed by atoms with Crippen LogP contribution in [0.2, 0.25) is 0 Å². The van der Waals surface area contributed by atoms with Crippen molar-refractivity contribution in [1.82, 2.24) is 0 Å². The Bertz CT molecular complexity index is 368. The first-order valence-corrected chi connectivity index (χ1v) is 5.02.